The molecule has 1 saturated carbocycles. The van der Waals surface area contributed by atoms with E-state index in [0.29, 0.717) is 26.2 Å². The maximum Gasteiger partial charge on any atom is 0.243 e. The smallest absolute Gasteiger partial charge is 0.243 e. The first-order valence-corrected chi connectivity index (χ1v) is 15.7. The Labute approximate surface area is 220 Å². The summed E-state index contributed by atoms with van der Waals surface area (Å²) >= 11 is 0. The highest BCUT2D eigenvalue weighted by Crippen LogP contribution is 2.30. The molecule has 3 aromatic rings. The van der Waals surface area contributed by atoms with Crippen molar-refractivity contribution in [2.75, 3.05) is 26.2 Å². The average Bonchev–Trinajstić information content (AvgIpc) is 3.43. The molecule has 1 aliphatic carbocycles. The summed E-state index contributed by atoms with van der Waals surface area (Å²) in [4.78, 5) is 2.53. The van der Waals surface area contributed by atoms with Crippen LogP contribution in [0.15, 0.2) is 94.7 Å². The van der Waals surface area contributed by atoms with Gasteiger partial charge in [-0.25, -0.2) is 21.6 Å². The maximum absolute atomic E-state index is 13.4. The van der Waals surface area contributed by atoms with Crippen molar-refractivity contribution >= 4 is 20.0 Å². The Bertz CT molecular complexity index is 1340. The fourth-order valence-corrected chi connectivity index (χ4v) is 8.09. The van der Waals surface area contributed by atoms with E-state index in [9.17, 15) is 16.8 Å². The number of piperazine rings is 1. The van der Waals surface area contributed by atoms with Gasteiger partial charge in [0.25, 0.3) is 0 Å². The van der Waals surface area contributed by atoms with Crippen LogP contribution in [0.4, 0.5) is 0 Å². The molecule has 0 atom stereocenters. The van der Waals surface area contributed by atoms with Gasteiger partial charge in [0.05, 0.1) is 15.8 Å². The van der Waals surface area contributed by atoms with Crippen LogP contribution in [0.5, 0.6) is 0 Å². The summed E-state index contributed by atoms with van der Waals surface area (Å²) in [6.07, 6.45) is 3.73. The van der Waals surface area contributed by atoms with Crippen LogP contribution in [-0.2, 0) is 20.0 Å². The molecule has 0 unspecified atom stereocenters. The van der Waals surface area contributed by atoms with E-state index in [1.807, 2.05) is 36.4 Å². The van der Waals surface area contributed by atoms with Gasteiger partial charge in [0.1, 0.15) is 0 Å². The molecule has 1 heterocycles. The highest BCUT2D eigenvalue weighted by atomic mass is 32.2. The van der Waals surface area contributed by atoms with Crippen molar-refractivity contribution in [1.29, 1.82) is 0 Å². The lowest BCUT2D eigenvalue weighted by molar-refractivity contribution is 0.156. The third kappa shape index (κ3) is 5.81. The molecule has 9 heteroatoms. The molecule has 0 aromatic heterocycles. The second-order valence-corrected chi connectivity index (χ2v) is 13.4. The molecule has 5 rings (SSSR count). The van der Waals surface area contributed by atoms with Crippen molar-refractivity contribution in [1.82, 2.24) is 13.9 Å². The molecule has 1 N–H and O–H groups in total. The van der Waals surface area contributed by atoms with E-state index in [4.69, 9.17) is 0 Å². The molecule has 1 saturated heterocycles. The van der Waals surface area contributed by atoms with Gasteiger partial charge in [0, 0.05) is 32.2 Å². The Morgan fingerprint density at radius 1 is 0.649 bits per heavy atom. The molecule has 0 amide bonds. The average molecular weight is 540 g/mol. The second kappa shape index (κ2) is 11.0. The van der Waals surface area contributed by atoms with Gasteiger partial charge in [0.15, 0.2) is 0 Å². The normalized spacial score (nSPS) is 18.4. The second-order valence-electron chi connectivity index (χ2n) is 9.74. The van der Waals surface area contributed by atoms with Crippen LogP contribution >= 0.6 is 0 Å². The molecular weight excluding hydrogens is 506 g/mol. The number of benzene rings is 3. The van der Waals surface area contributed by atoms with Gasteiger partial charge in [-0.15, -0.1) is 0 Å². The minimum absolute atomic E-state index is 0.0414. The molecule has 196 valence electrons. The van der Waals surface area contributed by atoms with E-state index in [1.54, 1.807) is 0 Å². The van der Waals surface area contributed by atoms with Crippen LogP contribution in [0.2, 0.25) is 0 Å². The first-order chi connectivity index (χ1) is 17.8. The Hall–Kier alpha value is -2.56. The number of nitrogens with zero attached hydrogens (tertiary/aromatic N) is 2. The molecular formula is C28H33N3O4S2. The number of rotatable bonds is 8. The van der Waals surface area contributed by atoms with E-state index in [2.05, 4.69) is 33.9 Å². The summed E-state index contributed by atoms with van der Waals surface area (Å²) < 4.78 is 56.4. The maximum atomic E-state index is 13.4. The van der Waals surface area contributed by atoms with Gasteiger partial charge in [-0.05, 0) is 48.2 Å². The molecule has 2 fully saturated rings. The lowest BCUT2D eigenvalue weighted by atomic mass is 9.96. The van der Waals surface area contributed by atoms with Crippen LogP contribution in [0.3, 0.4) is 0 Å². The quantitative estimate of drug-likeness (QED) is 0.468. The largest absolute Gasteiger partial charge is 0.290 e. The summed E-state index contributed by atoms with van der Waals surface area (Å²) in [5, 5.41) is 0. The third-order valence-corrected chi connectivity index (χ3v) is 10.8. The van der Waals surface area contributed by atoms with Crippen LogP contribution in [0.1, 0.15) is 42.9 Å². The molecule has 0 bridgehead atoms. The summed E-state index contributed by atoms with van der Waals surface area (Å²) in [6.45, 7) is 1.90. The van der Waals surface area contributed by atoms with Crippen LogP contribution in [-0.4, -0.2) is 58.3 Å². The topological polar surface area (TPSA) is 86.8 Å². The van der Waals surface area contributed by atoms with Gasteiger partial charge in [-0.3, -0.25) is 4.90 Å². The minimum atomic E-state index is -3.73. The van der Waals surface area contributed by atoms with Crippen molar-refractivity contribution in [3.63, 3.8) is 0 Å². The molecule has 0 spiro atoms. The Morgan fingerprint density at radius 2 is 1.14 bits per heavy atom. The fourth-order valence-electron chi connectivity index (χ4n) is 5.36. The van der Waals surface area contributed by atoms with Crippen molar-refractivity contribution in [3.8, 4) is 0 Å². The van der Waals surface area contributed by atoms with E-state index in [0.717, 1.165) is 25.7 Å². The van der Waals surface area contributed by atoms with Gasteiger partial charge in [-0.1, -0.05) is 73.5 Å². The van der Waals surface area contributed by atoms with E-state index >= 15 is 0 Å². The molecule has 0 radical (unpaired) electrons. The number of hydrogen-bond donors (Lipinski definition) is 1. The highest BCUT2D eigenvalue weighted by molar-refractivity contribution is 7.89. The Balaban J connectivity index is 1.29. The van der Waals surface area contributed by atoms with Crippen molar-refractivity contribution < 1.29 is 16.8 Å². The highest BCUT2D eigenvalue weighted by Gasteiger charge is 2.32. The molecule has 3 aromatic carbocycles. The van der Waals surface area contributed by atoms with Gasteiger partial charge in [-0.2, -0.15) is 4.31 Å². The standard InChI is InChI=1S/C28H33N3O4S2/c32-36(33,29-25-13-7-8-14-25)26-15-17-27(18-16-26)37(34,35)31-21-19-30(20-22-31)28(23-9-3-1-4-10-23)24-11-5-2-6-12-24/h1-6,9-12,15-18,25,28-29H,7-8,13-14,19-22H2. The van der Waals surface area contributed by atoms with Gasteiger partial charge in [0.2, 0.25) is 20.0 Å². The predicted molar refractivity (Wildman–Crippen MR) is 144 cm³/mol. The fraction of sp³-hybridized carbons (Fsp3) is 0.357. The monoisotopic (exact) mass is 539 g/mol. The van der Waals surface area contributed by atoms with E-state index < -0.39 is 20.0 Å². The summed E-state index contributed by atoms with van der Waals surface area (Å²) in [6, 6.07) is 26.1. The van der Waals surface area contributed by atoms with Crippen LogP contribution < -0.4 is 4.72 Å². The zero-order chi connectivity index (χ0) is 25.9. The van der Waals surface area contributed by atoms with E-state index in [1.165, 1.54) is 39.7 Å². The third-order valence-electron chi connectivity index (χ3n) is 7.32. The van der Waals surface area contributed by atoms with E-state index in [-0.39, 0.29) is 21.9 Å². The molecule has 7 nitrogen and oxygen atoms in total. The van der Waals surface area contributed by atoms with Gasteiger partial charge >= 0.3 is 0 Å². The molecule has 37 heavy (non-hydrogen) atoms. The molecule has 2 aliphatic rings. The first-order valence-electron chi connectivity index (χ1n) is 12.8. The van der Waals surface area contributed by atoms with Crippen molar-refractivity contribution in [2.24, 2.45) is 0 Å². The van der Waals surface area contributed by atoms with Crippen molar-refractivity contribution in [2.45, 2.75) is 47.6 Å². The minimum Gasteiger partial charge on any atom is -0.290 e. The molecule has 1 aliphatic heterocycles. The Morgan fingerprint density at radius 3 is 1.65 bits per heavy atom. The van der Waals surface area contributed by atoms with Crippen LogP contribution in [0, 0.1) is 0 Å². The summed E-state index contributed by atoms with van der Waals surface area (Å²) in [7, 11) is -7.40. The lowest BCUT2D eigenvalue weighted by Gasteiger charge is -2.39. The van der Waals surface area contributed by atoms with Gasteiger partial charge < -0.3 is 0 Å². The SMILES string of the molecule is O=S(=O)(NC1CCCC1)c1ccc(S(=O)(=O)N2CCN(C(c3ccccc3)c3ccccc3)CC2)cc1. The number of sulfonamides is 2. The lowest BCUT2D eigenvalue weighted by Crippen LogP contribution is -2.49. The first kappa shape index (κ1) is 26.1. The Kier molecular flexibility index (Phi) is 7.78. The van der Waals surface area contributed by atoms with Crippen molar-refractivity contribution in [3.05, 3.63) is 96.1 Å². The zero-order valence-corrected chi connectivity index (χ0v) is 22.4. The number of nitrogens with one attached hydrogen (secondary N) is 1. The zero-order valence-electron chi connectivity index (χ0n) is 20.7. The predicted octanol–water partition coefficient (Wildman–Crippen LogP) is 4.00. The summed E-state index contributed by atoms with van der Waals surface area (Å²) in [5.74, 6) is 0. The van der Waals surface area contributed by atoms with Crippen LogP contribution in [0.25, 0.3) is 0 Å². The summed E-state index contributed by atoms with van der Waals surface area (Å²) in [5.41, 5.74) is 2.35. The number of hydrogen-bond acceptors (Lipinski definition) is 5.